The van der Waals surface area contributed by atoms with E-state index in [1.165, 1.54) is 12.1 Å². The maximum atomic E-state index is 10.8. The summed E-state index contributed by atoms with van der Waals surface area (Å²) in [5.74, 6) is -0.782. The van der Waals surface area contributed by atoms with Crippen molar-refractivity contribution in [2.45, 2.75) is 6.54 Å². The van der Waals surface area contributed by atoms with E-state index in [0.717, 1.165) is 24.4 Å². The Morgan fingerprint density at radius 3 is 2.46 bits per heavy atom. The van der Waals surface area contributed by atoms with Gasteiger partial charge in [0.25, 0.3) is 5.69 Å². The normalized spacial score (nSPS) is 10.9. The fraction of sp³-hybridized carbons (Fsp3) is 0.0714. The highest BCUT2D eigenvalue weighted by Crippen LogP contribution is 2.32. The third-order valence-corrected chi connectivity index (χ3v) is 3.26. The lowest BCUT2D eigenvalue weighted by Gasteiger charge is -2.03. The molecule has 0 aliphatic carbocycles. The predicted molar refractivity (Wildman–Crippen MR) is 85.8 cm³/mol. The number of phenols is 2. The summed E-state index contributed by atoms with van der Waals surface area (Å²) in [5, 5.41) is 41.1. The predicted octanol–water partition coefficient (Wildman–Crippen LogP) is 3.19. The van der Waals surface area contributed by atoms with E-state index < -0.39 is 21.3 Å². The molecule has 2 aromatic rings. The molecule has 2 N–H and O–H groups in total. The Morgan fingerprint density at radius 1 is 1.12 bits per heavy atom. The average Bonchev–Trinajstić information content (AvgIpc) is 2.51. The minimum atomic E-state index is -0.787. The zero-order valence-electron chi connectivity index (χ0n) is 11.9. The van der Waals surface area contributed by atoms with Gasteiger partial charge in [-0.15, -0.1) is 0 Å². The number of hydrogen-bond donors (Lipinski definition) is 2. The molecule has 0 saturated heterocycles. The fourth-order valence-corrected chi connectivity index (χ4v) is 2.12. The molecule has 0 spiro atoms. The number of nitro groups is 2. The number of nitrogens with zero attached hydrogens (tertiary/aromatic N) is 3. The zero-order valence-corrected chi connectivity index (χ0v) is 12.7. The Morgan fingerprint density at radius 2 is 1.83 bits per heavy atom. The lowest BCUT2D eigenvalue weighted by atomic mass is 10.1. The van der Waals surface area contributed by atoms with Crippen LogP contribution in [0.1, 0.15) is 11.1 Å². The summed E-state index contributed by atoms with van der Waals surface area (Å²) < 4.78 is 0. The van der Waals surface area contributed by atoms with Gasteiger partial charge in [0.05, 0.1) is 16.4 Å². The molecule has 0 bridgehead atoms. The van der Waals surface area contributed by atoms with Gasteiger partial charge < -0.3 is 10.2 Å². The van der Waals surface area contributed by atoms with Crippen molar-refractivity contribution in [3.05, 3.63) is 66.7 Å². The summed E-state index contributed by atoms with van der Waals surface area (Å²) in [5.41, 5.74) is -0.572. The highest BCUT2D eigenvalue weighted by atomic mass is 35.5. The number of hydrogen-bond acceptors (Lipinski definition) is 7. The van der Waals surface area contributed by atoms with Crippen LogP contribution >= 0.6 is 11.6 Å². The van der Waals surface area contributed by atoms with Gasteiger partial charge in [0, 0.05) is 40.6 Å². The molecule has 10 heteroatoms. The first-order valence-electron chi connectivity index (χ1n) is 6.42. The van der Waals surface area contributed by atoms with E-state index in [0.29, 0.717) is 0 Å². The molecule has 0 fully saturated rings. The van der Waals surface area contributed by atoms with Crippen LogP contribution in [0.15, 0.2) is 35.3 Å². The average molecular weight is 352 g/mol. The first-order chi connectivity index (χ1) is 11.3. The van der Waals surface area contributed by atoms with Crippen LogP contribution in [0.25, 0.3) is 0 Å². The van der Waals surface area contributed by atoms with Crippen LogP contribution in [0, 0.1) is 20.2 Å². The van der Waals surface area contributed by atoms with Crippen molar-refractivity contribution in [3.63, 3.8) is 0 Å². The summed E-state index contributed by atoms with van der Waals surface area (Å²) in [4.78, 5) is 24.1. The van der Waals surface area contributed by atoms with Gasteiger partial charge in [0.2, 0.25) is 5.75 Å². The van der Waals surface area contributed by atoms with Gasteiger partial charge >= 0.3 is 5.69 Å². The number of phenolic OH excluding ortho intramolecular Hbond substituents is 2. The van der Waals surface area contributed by atoms with E-state index >= 15 is 0 Å². The molecule has 0 radical (unpaired) electrons. The van der Waals surface area contributed by atoms with E-state index in [4.69, 9.17) is 11.6 Å². The van der Waals surface area contributed by atoms with Crippen molar-refractivity contribution >= 4 is 29.2 Å². The maximum absolute atomic E-state index is 10.8. The largest absolute Gasteiger partial charge is 0.508 e. The Kier molecular flexibility index (Phi) is 4.95. The van der Waals surface area contributed by atoms with Crippen LogP contribution in [-0.2, 0) is 6.54 Å². The smallest absolute Gasteiger partial charge is 0.312 e. The van der Waals surface area contributed by atoms with E-state index in [-0.39, 0.29) is 34.1 Å². The van der Waals surface area contributed by atoms with Gasteiger partial charge in [-0.05, 0) is 12.1 Å². The third kappa shape index (κ3) is 3.76. The number of aliphatic imine (C=N–C) groups is 1. The molecule has 0 aliphatic heterocycles. The van der Waals surface area contributed by atoms with Gasteiger partial charge in [-0.1, -0.05) is 11.6 Å². The van der Waals surface area contributed by atoms with Gasteiger partial charge in [-0.2, -0.15) is 0 Å². The van der Waals surface area contributed by atoms with Crippen LogP contribution in [0.4, 0.5) is 11.4 Å². The van der Waals surface area contributed by atoms with Crippen molar-refractivity contribution in [2.24, 2.45) is 4.99 Å². The van der Waals surface area contributed by atoms with Gasteiger partial charge in [0.15, 0.2) is 0 Å². The van der Waals surface area contributed by atoms with Crippen LogP contribution in [0.5, 0.6) is 11.5 Å². The molecule has 2 rings (SSSR count). The molecule has 0 heterocycles. The lowest BCUT2D eigenvalue weighted by molar-refractivity contribution is -0.385. The summed E-state index contributed by atoms with van der Waals surface area (Å²) >= 11 is 5.75. The van der Waals surface area contributed by atoms with E-state index in [1.54, 1.807) is 0 Å². The Labute approximate surface area is 139 Å². The van der Waals surface area contributed by atoms with E-state index in [2.05, 4.69) is 4.99 Å². The Balaban J connectivity index is 2.29. The molecular formula is C14H10ClN3O6. The van der Waals surface area contributed by atoms with Gasteiger partial charge in [-0.25, -0.2) is 0 Å². The second-order valence-electron chi connectivity index (χ2n) is 4.66. The molecule has 0 aromatic heterocycles. The molecule has 0 saturated carbocycles. The minimum absolute atomic E-state index is 0.0131. The number of halogens is 1. The summed E-state index contributed by atoms with van der Waals surface area (Å²) in [6.07, 6.45) is 1.13. The number of benzene rings is 2. The SMILES string of the molecule is O=[N+]([O-])c1ccc(O)c(CN=Cc2cc(Cl)cc([N+](=O)[O-])c2O)c1. The molecule has 0 amide bonds. The maximum Gasteiger partial charge on any atom is 0.312 e. The second kappa shape index (κ2) is 6.92. The van der Waals surface area contributed by atoms with Crippen molar-refractivity contribution in [1.29, 1.82) is 0 Å². The van der Waals surface area contributed by atoms with E-state index in [9.17, 15) is 30.4 Å². The molecular weight excluding hydrogens is 342 g/mol. The van der Waals surface area contributed by atoms with Gasteiger partial charge in [-0.3, -0.25) is 25.2 Å². The monoisotopic (exact) mass is 351 g/mol. The molecule has 0 atom stereocenters. The highest BCUT2D eigenvalue weighted by molar-refractivity contribution is 6.31. The van der Waals surface area contributed by atoms with Crippen molar-refractivity contribution in [2.75, 3.05) is 0 Å². The van der Waals surface area contributed by atoms with Crippen molar-refractivity contribution in [3.8, 4) is 11.5 Å². The van der Waals surface area contributed by atoms with Crippen LogP contribution in [-0.4, -0.2) is 26.3 Å². The standard InChI is InChI=1S/C14H10ClN3O6/c15-10-3-9(14(20)12(5-10)18(23)24)7-16-6-8-4-11(17(21)22)1-2-13(8)19/h1-5,7,19-20H,6H2. The minimum Gasteiger partial charge on any atom is -0.508 e. The summed E-state index contributed by atoms with van der Waals surface area (Å²) in [7, 11) is 0. The molecule has 0 aliphatic rings. The highest BCUT2D eigenvalue weighted by Gasteiger charge is 2.17. The summed E-state index contributed by atoms with van der Waals surface area (Å²) in [6, 6.07) is 5.76. The van der Waals surface area contributed by atoms with E-state index in [1.807, 2.05) is 0 Å². The first kappa shape index (κ1) is 17.2. The first-order valence-corrected chi connectivity index (χ1v) is 6.80. The second-order valence-corrected chi connectivity index (χ2v) is 5.10. The quantitative estimate of drug-likeness (QED) is 0.481. The lowest BCUT2D eigenvalue weighted by Crippen LogP contribution is -1.94. The number of aromatic hydroxyl groups is 2. The zero-order chi connectivity index (χ0) is 17.9. The van der Waals surface area contributed by atoms with Gasteiger partial charge in [0.1, 0.15) is 5.75 Å². The van der Waals surface area contributed by atoms with Crippen molar-refractivity contribution < 1.29 is 20.1 Å². The number of rotatable bonds is 5. The molecule has 9 nitrogen and oxygen atoms in total. The molecule has 0 unspecified atom stereocenters. The third-order valence-electron chi connectivity index (χ3n) is 3.05. The molecule has 2 aromatic carbocycles. The molecule has 124 valence electrons. The van der Waals surface area contributed by atoms with Crippen molar-refractivity contribution in [1.82, 2.24) is 0 Å². The van der Waals surface area contributed by atoms with Crippen LogP contribution in [0.3, 0.4) is 0 Å². The Bertz CT molecular complexity index is 853. The van der Waals surface area contributed by atoms with Crippen LogP contribution in [0.2, 0.25) is 5.02 Å². The number of nitro benzene ring substituents is 2. The topological polar surface area (TPSA) is 139 Å². The number of non-ortho nitro benzene ring substituents is 1. The fourth-order valence-electron chi connectivity index (χ4n) is 1.90. The summed E-state index contributed by atoms with van der Waals surface area (Å²) in [6.45, 7) is -0.132. The molecule has 24 heavy (non-hydrogen) atoms. The van der Waals surface area contributed by atoms with Crippen LogP contribution < -0.4 is 0 Å². The Hall–Kier alpha value is -3.20.